The number of ether oxygens (including phenoxy) is 2. The van der Waals surface area contributed by atoms with Crippen LogP contribution in [0.2, 0.25) is 5.02 Å². The first-order valence-electron chi connectivity index (χ1n) is 8.06. The molecule has 3 rings (SSSR count). The number of hydrogen-bond donors (Lipinski definition) is 2. The maximum absolute atomic E-state index is 12.3. The first-order chi connectivity index (χ1) is 13.1. The highest BCUT2D eigenvalue weighted by Crippen LogP contribution is 2.37. The molecule has 1 aromatic carbocycles. The summed E-state index contributed by atoms with van der Waals surface area (Å²) in [5, 5.41) is 6.34. The molecule has 140 valence electrons. The molecule has 0 spiro atoms. The van der Waals surface area contributed by atoms with Crippen LogP contribution in [0, 0.1) is 0 Å². The van der Waals surface area contributed by atoms with Crippen molar-refractivity contribution in [2.45, 2.75) is 6.54 Å². The van der Waals surface area contributed by atoms with Crippen LogP contribution < -0.4 is 20.1 Å². The van der Waals surface area contributed by atoms with Crippen molar-refractivity contribution in [3.05, 3.63) is 65.2 Å². The summed E-state index contributed by atoms with van der Waals surface area (Å²) in [5.74, 6) is 1.93. The minimum Gasteiger partial charge on any atom is -0.495 e. The quantitative estimate of drug-likeness (QED) is 0.636. The third-order valence-electron chi connectivity index (χ3n) is 3.76. The summed E-state index contributed by atoms with van der Waals surface area (Å²) >= 11 is 6.12. The zero-order valence-electron chi connectivity index (χ0n) is 14.8. The van der Waals surface area contributed by atoms with Crippen LogP contribution in [0.4, 0.5) is 11.5 Å². The van der Waals surface area contributed by atoms with Crippen molar-refractivity contribution in [3.8, 4) is 11.5 Å². The van der Waals surface area contributed by atoms with E-state index in [-0.39, 0.29) is 5.91 Å². The molecule has 0 bridgehead atoms. The van der Waals surface area contributed by atoms with Crippen LogP contribution in [0.25, 0.3) is 0 Å². The number of benzene rings is 1. The summed E-state index contributed by atoms with van der Waals surface area (Å²) < 4.78 is 15.8. The summed E-state index contributed by atoms with van der Waals surface area (Å²) in [6.07, 6.45) is 3.10. The van der Waals surface area contributed by atoms with Crippen molar-refractivity contribution < 1.29 is 18.7 Å². The predicted molar refractivity (Wildman–Crippen MR) is 102 cm³/mol. The largest absolute Gasteiger partial charge is 0.495 e. The molecule has 2 heterocycles. The van der Waals surface area contributed by atoms with Gasteiger partial charge in [-0.25, -0.2) is 4.98 Å². The van der Waals surface area contributed by atoms with Gasteiger partial charge in [-0.2, -0.15) is 0 Å². The number of nitrogens with zero attached hydrogens (tertiary/aromatic N) is 1. The lowest BCUT2D eigenvalue weighted by atomic mass is 10.2. The lowest BCUT2D eigenvalue weighted by molar-refractivity contribution is 0.0948. The first-order valence-corrected chi connectivity index (χ1v) is 8.43. The topological polar surface area (TPSA) is 85.6 Å². The number of anilines is 2. The second-order valence-corrected chi connectivity index (χ2v) is 5.91. The smallest absolute Gasteiger partial charge is 0.251 e. The van der Waals surface area contributed by atoms with Crippen LogP contribution in [0.5, 0.6) is 11.5 Å². The Labute approximate surface area is 161 Å². The zero-order chi connectivity index (χ0) is 19.2. The minimum atomic E-state index is -0.238. The Bertz CT molecular complexity index is 929. The molecule has 1 amide bonds. The lowest BCUT2D eigenvalue weighted by Crippen LogP contribution is -2.22. The van der Waals surface area contributed by atoms with Crippen molar-refractivity contribution in [2.24, 2.45) is 0 Å². The van der Waals surface area contributed by atoms with E-state index in [1.807, 2.05) is 0 Å². The van der Waals surface area contributed by atoms with E-state index in [4.69, 9.17) is 25.5 Å². The fraction of sp³-hybridized carbons (Fsp3) is 0.158. The van der Waals surface area contributed by atoms with E-state index in [2.05, 4.69) is 15.6 Å². The van der Waals surface area contributed by atoms with E-state index in [1.54, 1.807) is 48.9 Å². The van der Waals surface area contributed by atoms with Gasteiger partial charge < -0.3 is 24.5 Å². The Morgan fingerprint density at radius 3 is 2.70 bits per heavy atom. The average Bonchev–Trinajstić information content (AvgIpc) is 3.21. The maximum Gasteiger partial charge on any atom is 0.251 e. The molecule has 0 saturated heterocycles. The van der Waals surface area contributed by atoms with E-state index in [1.165, 1.54) is 14.2 Å². The number of methoxy groups -OCH3 is 2. The van der Waals surface area contributed by atoms with Gasteiger partial charge in [0.15, 0.2) is 0 Å². The number of carbonyl (C=O) groups excluding carboxylic acids is 1. The SMILES string of the molecule is COc1cc(Nc2cc(C(=O)NCc3ccco3)ccn2)c(OC)cc1Cl. The Balaban J connectivity index is 1.76. The molecule has 8 heteroatoms. The molecule has 3 aromatic rings. The Hall–Kier alpha value is -3.19. The van der Waals surface area contributed by atoms with Crippen LogP contribution in [0.1, 0.15) is 16.1 Å². The standard InChI is InChI=1S/C19H18ClN3O4/c1-25-16-10-15(17(26-2)9-14(16)20)23-18-8-12(5-6-21-18)19(24)22-11-13-4-3-7-27-13/h3-10H,11H2,1-2H3,(H,21,23)(H,22,24). The summed E-state index contributed by atoms with van der Waals surface area (Å²) in [7, 11) is 3.06. The van der Waals surface area contributed by atoms with Crippen LogP contribution >= 0.6 is 11.6 Å². The van der Waals surface area contributed by atoms with Crippen LogP contribution in [0.15, 0.2) is 53.3 Å². The molecule has 2 aromatic heterocycles. The molecular weight excluding hydrogens is 370 g/mol. The molecule has 27 heavy (non-hydrogen) atoms. The molecule has 0 saturated carbocycles. The number of carbonyl (C=O) groups is 1. The molecule has 2 N–H and O–H groups in total. The molecular formula is C19H18ClN3O4. The van der Waals surface area contributed by atoms with Gasteiger partial charge in [-0.3, -0.25) is 4.79 Å². The number of amides is 1. The van der Waals surface area contributed by atoms with Gasteiger partial charge in [0.05, 0.1) is 37.7 Å². The number of nitrogens with one attached hydrogen (secondary N) is 2. The van der Waals surface area contributed by atoms with Gasteiger partial charge >= 0.3 is 0 Å². The number of pyridine rings is 1. The molecule has 0 fully saturated rings. The molecule has 0 atom stereocenters. The number of furan rings is 1. The number of halogens is 1. The number of aromatic nitrogens is 1. The summed E-state index contributed by atoms with van der Waals surface area (Å²) in [5.41, 5.74) is 1.07. The summed E-state index contributed by atoms with van der Waals surface area (Å²) in [4.78, 5) is 16.6. The van der Waals surface area contributed by atoms with E-state index in [0.29, 0.717) is 45.9 Å². The minimum absolute atomic E-state index is 0.238. The fourth-order valence-electron chi connectivity index (χ4n) is 2.42. The van der Waals surface area contributed by atoms with Gasteiger partial charge in [0, 0.05) is 23.9 Å². The Kier molecular flexibility index (Phi) is 5.83. The highest BCUT2D eigenvalue weighted by Gasteiger charge is 2.12. The molecule has 0 aliphatic carbocycles. The van der Waals surface area contributed by atoms with Crippen molar-refractivity contribution >= 4 is 29.0 Å². The van der Waals surface area contributed by atoms with Crippen LogP contribution in [0.3, 0.4) is 0 Å². The fourth-order valence-corrected chi connectivity index (χ4v) is 2.65. The molecule has 0 aliphatic rings. The van der Waals surface area contributed by atoms with Gasteiger partial charge in [-0.1, -0.05) is 11.6 Å². The van der Waals surface area contributed by atoms with Crippen LogP contribution in [-0.2, 0) is 6.54 Å². The average molecular weight is 388 g/mol. The Morgan fingerprint density at radius 1 is 1.19 bits per heavy atom. The molecule has 0 unspecified atom stereocenters. The van der Waals surface area contributed by atoms with Gasteiger partial charge in [0.25, 0.3) is 5.91 Å². The number of hydrogen-bond acceptors (Lipinski definition) is 6. The van der Waals surface area contributed by atoms with E-state index < -0.39 is 0 Å². The van der Waals surface area contributed by atoms with Crippen molar-refractivity contribution in [3.63, 3.8) is 0 Å². The van der Waals surface area contributed by atoms with Gasteiger partial charge in [0.2, 0.25) is 0 Å². The summed E-state index contributed by atoms with van der Waals surface area (Å²) in [6.45, 7) is 0.305. The first kappa shape index (κ1) is 18.6. The van der Waals surface area contributed by atoms with Crippen LogP contribution in [-0.4, -0.2) is 25.1 Å². The second-order valence-electron chi connectivity index (χ2n) is 5.50. The summed E-state index contributed by atoms with van der Waals surface area (Å²) in [6, 6.07) is 10.2. The second kappa shape index (κ2) is 8.46. The van der Waals surface area contributed by atoms with E-state index >= 15 is 0 Å². The van der Waals surface area contributed by atoms with Gasteiger partial charge in [-0.15, -0.1) is 0 Å². The van der Waals surface area contributed by atoms with Crippen molar-refractivity contribution in [1.29, 1.82) is 0 Å². The maximum atomic E-state index is 12.3. The van der Waals surface area contributed by atoms with Crippen molar-refractivity contribution in [1.82, 2.24) is 10.3 Å². The molecule has 7 nitrogen and oxygen atoms in total. The third-order valence-corrected chi connectivity index (χ3v) is 4.06. The third kappa shape index (κ3) is 4.51. The van der Waals surface area contributed by atoms with Crippen molar-refractivity contribution in [2.75, 3.05) is 19.5 Å². The highest BCUT2D eigenvalue weighted by molar-refractivity contribution is 6.32. The van der Waals surface area contributed by atoms with E-state index in [0.717, 1.165) is 0 Å². The molecule has 0 radical (unpaired) electrons. The lowest BCUT2D eigenvalue weighted by Gasteiger charge is -2.14. The Morgan fingerprint density at radius 2 is 2.00 bits per heavy atom. The van der Waals surface area contributed by atoms with Gasteiger partial charge in [0.1, 0.15) is 23.1 Å². The predicted octanol–water partition coefficient (Wildman–Crippen LogP) is 4.02. The number of rotatable bonds is 7. The highest BCUT2D eigenvalue weighted by atomic mass is 35.5. The zero-order valence-corrected chi connectivity index (χ0v) is 15.5. The normalized spacial score (nSPS) is 10.3. The molecule has 0 aliphatic heterocycles. The van der Waals surface area contributed by atoms with Gasteiger partial charge in [-0.05, 0) is 24.3 Å². The van der Waals surface area contributed by atoms with E-state index in [9.17, 15) is 4.79 Å². The monoisotopic (exact) mass is 387 g/mol.